The van der Waals surface area contributed by atoms with E-state index in [9.17, 15) is 4.79 Å². The van der Waals surface area contributed by atoms with Gasteiger partial charge in [-0.15, -0.1) is 13.2 Å². The summed E-state index contributed by atoms with van der Waals surface area (Å²) in [6.45, 7) is 8.37. The first kappa shape index (κ1) is 21.3. The van der Waals surface area contributed by atoms with Gasteiger partial charge in [0.05, 0.1) is 12.6 Å². The van der Waals surface area contributed by atoms with E-state index in [1.165, 1.54) is 7.11 Å². The maximum absolute atomic E-state index is 12.8. The number of benzene rings is 3. The van der Waals surface area contributed by atoms with Crippen LogP contribution in [0.25, 0.3) is 0 Å². The van der Waals surface area contributed by atoms with Crippen LogP contribution in [0.2, 0.25) is 0 Å². The molecule has 3 aromatic carbocycles. The fourth-order valence-electron chi connectivity index (χ4n) is 4.11. The molecule has 1 atom stereocenters. The first-order chi connectivity index (χ1) is 14.7. The molecule has 0 aliphatic carbocycles. The molecule has 3 heteroatoms. The lowest BCUT2D eigenvalue weighted by atomic mass is 9.74. The summed E-state index contributed by atoms with van der Waals surface area (Å²) in [4.78, 5) is 14.9. The van der Waals surface area contributed by atoms with Crippen LogP contribution in [0.5, 0.6) is 0 Å². The van der Waals surface area contributed by atoms with Gasteiger partial charge < -0.3 is 4.74 Å². The molecule has 0 bridgehead atoms. The Morgan fingerprint density at radius 2 is 1.27 bits per heavy atom. The van der Waals surface area contributed by atoms with E-state index < -0.39 is 11.6 Å². The van der Waals surface area contributed by atoms with Crippen LogP contribution in [0.3, 0.4) is 0 Å². The van der Waals surface area contributed by atoms with Gasteiger partial charge in [-0.2, -0.15) is 0 Å². The van der Waals surface area contributed by atoms with Crippen LogP contribution in [-0.4, -0.2) is 30.6 Å². The summed E-state index contributed by atoms with van der Waals surface area (Å²) in [7, 11) is 1.40. The van der Waals surface area contributed by atoms with Crippen molar-refractivity contribution in [1.29, 1.82) is 0 Å². The number of methoxy groups -OCH3 is 1. The number of carbonyl (C=O) groups excluding carboxylic acids is 1. The van der Waals surface area contributed by atoms with Crippen LogP contribution in [0.4, 0.5) is 0 Å². The van der Waals surface area contributed by atoms with Gasteiger partial charge in [0.25, 0.3) is 0 Å². The molecule has 0 spiro atoms. The third kappa shape index (κ3) is 3.85. The van der Waals surface area contributed by atoms with Crippen LogP contribution in [0.15, 0.2) is 116 Å². The lowest BCUT2D eigenvalue weighted by molar-refractivity contribution is -0.146. The van der Waals surface area contributed by atoms with Crippen molar-refractivity contribution < 1.29 is 9.53 Å². The Morgan fingerprint density at radius 1 is 0.867 bits per heavy atom. The average molecular weight is 398 g/mol. The molecule has 0 N–H and O–H groups in total. The third-order valence-electron chi connectivity index (χ3n) is 5.33. The number of carbonyl (C=O) groups is 1. The number of ether oxygens (including phenoxy) is 1. The Morgan fingerprint density at radius 3 is 1.57 bits per heavy atom. The highest BCUT2D eigenvalue weighted by Gasteiger charge is 2.46. The quantitative estimate of drug-likeness (QED) is 0.283. The Bertz CT molecular complexity index is 871. The van der Waals surface area contributed by atoms with Gasteiger partial charge in [0.1, 0.15) is 6.04 Å². The lowest BCUT2D eigenvalue weighted by Crippen LogP contribution is -2.55. The standard InChI is InChI=1S/C27H27NO2/c1-4-21-28(25(5-2)26(29)30-3)27(22-15-9-6-10-16-22,23-17-11-7-12-18-23)24-19-13-8-14-20-24/h4-20,25H,1-2,21H2,3H3/t25-/m0/s1. The van der Waals surface area contributed by atoms with E-state index in [1.54, 1.807) is 6.08 Å². The fourth-order valence-corrected chi connectivity index (χ4v) is 4.11. The first-order valence-corrected chi connectivity index (χ1v) is 9.94. The molecule has 0 saturated heterocycles. The molecule has 30 heavy (non-hydrogen) atoms. The Kier molecular flexibility index (Phi) is 6.99. The highest BCUT2D eigenvalue weighted by Crippen LogP contribution is 2.43. The van der Waals surface area contributed by atoms with Crippen molar-refractivity contribution in [2.75, 3.05) is 13.7 Å². The lowest BCUT2D eigenvalue weighted by Gasteiger charge is -2.47. The second kappa shape index (κ2) is 9.86. The third-order valence-corrected chi connectivity index (χ3v) is 5.33. The van der Waals surface area contributed by atoms with E-state index in [1.807, 2.05) is 60.7 Å². The molecule has 0 radical (unpaired) electrons. The maximum atomic E-state index is 12.8. The van der Waals surface area contributed by atoms with Gasteiger partial charge in [-0.25, -0.2) is 0 Å². The van der Waals surface area contributed by atoms with Crippen LogP contribution >= 0.6 is 0 Å². The monoisotopic (exact) mass is 397 g/mol. The van der Waals surface area contributed by atoms with Crippen molar-refractivity contribution in [3.05, 3.63) is 133 Å². The summed E-state index contributed by atoms with van der Waals surface area (Å²) in [5.41, 5.74) is 2.37. The summed E-state index contributed by atoms with van der Waals surface area (Å²) < 4.78 is 5.15. The van der Waals surface area contributed by atoms with Crippen molar-refractivity contribution in [2.24, 2.45) is 0 Å². The zero-order valence-electron chi connectivity index (χ0n) is 17.3. The molecular weight excluding hydrogens is 370 g/mol. The number of nitrogens with zero attached hydrogens (tertiary/aromatic N) is 1. The van der Waals surface area contributed by atoms with Crippen LogP contribution in [-0.2, 0) is 15.1 Å². The van der Waals surface area contributed by atoms with Crippen molar-refractivity contribution in [1.82, 2.24) is 4.90 Å². The van der Waals surface area contributed by atoms with E-state index >= 15 is 0 Å². The fraction of sp³-hybridized carbons (Fsp3) is 0.148. The topological polar surface area (TPSA) is 29.5 Å². The van der Waals surface area contributed by atoms with E-state index in [-0.39, 0.29) is 5.97 Å². The highest BCUT2D eigenvalue weighted by atomic mass is 16.5. The van der Waals surface area contributed by atoms with Gasteiger partial charge in [-0.05, 0) is 16.7 Å². The molecule has 3 nitrogen and oxygen atoms in total. The van der Waals surface area contributed by atoms with Crippen LogP contribution < -0.4 is 0 Å². The molecule has 0 amide bonds. The molecule has 0 aromatic heterocycles. The molecule has 0 fully saturated rings. The zero-order chi connectivity index (χ0) is 21.4. The van der Waals surface area contributed by atoms with Crippen molar-refractivity contribution >= 4 is 5.97 Å². The molecule has 0 aliphatic heterocycles. The minimum atomic E-state index is -0.759. The Balaban J connectivity index is 2.44. The molecule has 3 rings (SSSR count). The van der Waals surface area contributed by atoms with Gasteiger partial charge in [0.15, 0.2) is 0 Å². The second-order valence-corrected chi connectivity index (χ2v) is 6.95. The predicted octanol–water partition coefficient (Wildman–Crippen LogP) is 5.19. The largest absolute Gasteiger partial charge is 0.468 e. The van der Waals surface area contributed by atoms with Crippen molar-refractivity contribution in [3.63, 3.8) is 0 Å². The minimum Gasteiger partial charge on any atom is -0.468 e. The molecular formula is C27H27NO2. The number of hydrogen-bond acceptors (Lipinski definition) is 3. The van der Waals surface area contributed by atoms with Gasteiger partial charge >= 0.3 is 5.97 Å². The van der Waals surface area contributed by atoms with Crippen LogP contribution in [0, 0.1) is 0 Å². The smallest absolute Gasteiger partial charge is 0.327 e. The highest BCUT2D eigenvalue weighted by molar-refractivity contribution is 5.78. The Hall–Kier alpha value is -3.43. The SMILES string of the molecule is C=CCN([C@@H](C=C)C(=O)OC)C(c1ccccc1)(c1ccccc1)c1ccccc1. The van der Waals surface area contributed by atoms with E-state index in [4.69, 9.17) is 4.74 Å². The maximum Gasteiger partial charge on any atom is 0.327 e. The summed E-state index contributed by atoms with van der Waals surface area (Å²) in [5, 5.41) is 0. The summed E-state index contributed by atoms with van der Waals surface area (Å²) >= 11 is 0. The molecule has 0 heterocycles. The minimum absolute atomic E-state index is 0.362. The molecule has 3 aromatic rings. The number of esters is 1. The Labute approximate surface area is 178 Å². The molecule has 0 unspecified atom stereocenters. The zero-order valence-corrected chi connectivity index (χ0v) is 17.3. The van der Waals surface area contributed by atoms with E-state index in [0.29, 0.717) is 6.54 Å². The number of rotatable bonds is 9. The summed E-state index contributed by atoms with van der Waals surface area (Å²) in [5.74, 6) is -0.362. The normalized spacial score (nSPS) is 12.2. The van der Waals surface area contributed by atoms with E-state index in [2.05, 4.69) is 54.5 Å². The van der Waals surface area contributed by atoms with Gasteiger partial charge in [0.2, 0.25) is 0 Å². The predicted molar refractivity (Wildman–Crippen MR) is 122 cm³/mol. The average Bonchev–Trinajstić information content (AvgIpc) is 2.82. The molecule has 0 aliphatic rings. The van der Waals surface area contributed by atoms with Crippen LogP contribution in [0.1, 0.15) is 16.7 Å². The molecule has 0 saturated carbocycles. The van der Waals surface area contributed by atoms with E-state index in [0.717, 1.165) is 16.7 Å². The van der Waals surface area contributed by atoms with Gasteiger partial charge in [0, 0.05) is 6.54 Å². The summed E-state index contributed by atoms with van der Waals surface area (Å²) in [6.07, 6.45) is 3.45. The van der Waals surface area contributed by atoms with Crippen molar-refractivity contribution in [2.45, 2.75) is 11.6 Å². The number of hydrogen-bond donors (Lipinski definition) is 0. The first-order valence-electron chi connectivity index (χ1n) is 9.94. The van der Waals surface area contributed by atoms with Crippen molar-refractivity contribution in [3.8, 4) is 0 Å². The molecule has 152 valence electrons. The second-order valence-electron chi connectivity index (χ2n) is 6.95. The summed E-state index contributed by atoms with van der Waals surface area (Å²) in [6, 6.07) is 30.0. The van der Waals surface area contributed by atoms with Gasteiger partial charge in [-0.1, -0.05) is 103 Å². The van der Waals surface area contributed by atoms with Gasteiger partial charge in [-0.3, -0.25) is 9.69 Å².